The molecule has 0 aromatic rings. The van der Waals surface area contributed by atoms with Gasteiger partial charge in [0.1, 0.15) is 6.04 Å². The Balaban J connectivity index is 1.79. The van der Waals surface area contributed by atoms with Crippen LogP contribution < -0.4 is 5.73 Å². The topological polar surface area (TPSA) is 86.9 Å². The molecule has 1 unspecified atom stereocenters. The molecule has 1 atom stereocenters. The lowest BCUT2D eigenvalue weighted by molar-refractivity contribution is -0.144. The fourth-order valence-corrected chi connectivity index (χ4v) is 2.74. The summed E-state index contributed by atoms with van der Waals surface area (Å²) in [6.07, 6.45) is 3.43. The maximum absolute atomic E-state index is 12.1. The lowest BCUT2D eigenvalue weighted by Gasteiger charge is -2.41. The first-order valence-electron chi connectivity index (χ1n) is 6.95. The summed E-state index contributed by atoms with van der Waals surface area (Å²) in [5, 5.41) is 8.96. The molecule has 1 saturated carbocycles. The highest BCUT2D eigenvalue weighted by molar-refractivity contribution is 5.78. The van der Waals surface area contributed by atoms with Crippen LogP contribution in [0.4, 0.5) is 0 Å². The zero-order chi connectivity index (χ0) is 14.0. The van der Waals surface area contributed by atoms with E-state index in [2.05, 4.69) is 0 Å². The number of nitrogens with zero attached hydrogens (tertiary/aromatic N) is 2. The van der Waals surface area contributed by atoms with E-state index in [1.165, 1.54) is 0 Å². The number of aliphatic carboxylic acids is 1. The summed E-state index contributed by atoms with van der Waals surface area (Å²) in [4.78, 5) is 26.8. The van der Waals surface area contributed by atoms with Crippen molar-refractivity contribution in [3.8, 4) is 0 Å². The highest BCUT2D eigenvalue weighted by Crippen LogP contribution is 2.32. The largest absolute Gasteiger partial charge is 0.480 e. The van der Waals surface area contributed by atoms with E-state index in [1.54, 1.807) is 6.92 Å². The van der Waals surface area contributed by atoms with Gasteiger partial charge in [-0.2, -0.15) is 0 Å². The van der Waals surface area contributed by atoms with Crippen LogP contribution in [-0.2, 0) is 9.59 Å². The predicted octanol–water partition coefficient (Wildman–Crippen LogP) is -0.125. The van der Waals surface area contributed by atoms with Gasteiger partial charge in [-0.1, -0.05) is 0 Å². The molecule has 0 radical (unpaired) electrons. The summed E-state index contributed by atoms with van der Waals surface area (Å²) in [5.41, 5.74) is 5.81. The van der Waals surface area contributed by atoms with Crippen molar-refractivity contribution in [2.24, 2.45) is 5.73 Å². The van der Waals surface area contributed by atoms with Gasteiger partial charge in [0.25, 0.3) is 0 Å². The molecule has 1 aliphatic heterocycles. The number of nitrogens with two attached hydrogens (primary N) is 1. The van der Waals surface area contributed by atoms with Gasteiger partial charge in [-0.15, -0.1) is 0 Å². The van der Waals surface area contributed by atoms with Crippen LogP contribution in [0.1, 0.15) is 32.6 Å². The minimum Gasteiger partial charge on any atom is -0.480 e. The number of carboxylic acid groups (broad SMARTS) is 1. The Morgan fingerprint density at radius 1 is 1.26 bits per heavy atom. The van der Waals surface area contributed by atoms with E-state index in [-0.39, 0.29) is 11.4 Å². The molecular weight excluding hydrogens is 246 g/mol. The molecule has 2 fully saturated rings. The molecule has 6 nitrogen and oxygen atoms in total. The van der Waals surface area contributed by atoms with E-state index in [9.17, 15) is 9.59 Å². The van der Waals surface area contributed by atoms with E-state index in [0.29, 0.717) is 32.6 Å². The van der Waals surface area contributed by atoms with E-state index in [4.69, 9.17) is 10.8 Å². The monoisotopic (exact) mass is 269 g/mol. The molecule has 19 heavy (non-hydrogen) atoms. The third kappa shape index (κ3) is 3.25. The van der Waals surface area contributed by atoms with Crippen molar-refractivity contribution in [1.82, 2.24) is 9.80 Å². The minimum atomic E-state index is -0.810. The third-order valence-electron chi connectivity index (χ3n) is 4.42. The van der Waals surface area contributed by atoms with Gasteiger partial charge in [-0.05, 0) is 26.2 Å². The second-order valence-electron chi connectivity index (χ2n) is 5.82. The highest BCUT2D eigenvalue weighted by Gasteiger charge is 2.37. The number of rotatable bonds is 4. The van der Waals surface area contributed by atoms with Crippen LogP contribution in [0, 0.1) is 0 Å². The Labute approximate surface area is 113 Å². The Morgan fingerprint density at radius 3 is 2.26 bits per heavy atom. The number of carbonyl (C=O) groups is 2. The molecule has 6 heteroatoms. The van der Waals surface area contributed by atoms with E-state index in [1.807, 2.05) is 9.80 Å². The third-order valence-corrected chi connectivity index (χ3v) is 4.42. The van der Waals surface area contributed by atoms with Crippen molar-refractivity contribution < 1.29 is 14.7 Å². The van der Waals surface area contributed by atoms with Crippen LogP contribution >= 0.6 is 0 Å². The summed E-state index contributed by atoms with van der Waals surface area (Å²) < 4.78 is 0. The fourth-order valence-electron chi connectivity index (χ4n) is 2.74. The maximum Gasteiger partial charge on any atom is 0.320 e. The molecule has 0 spiro atoms. The van der Waals surface area contributed by atoms with E-state index in [0.717, 1.165) is 19.3 Å². The standard InChI is InChI=1S/C13H23N3O3/c1-10(12(18)19)15-5-7-16(8-6-15)11(17)9-13(14)3-2-4-13/h10H,2-9,14H2,1H3,(H,18,19). The molecule has 2 aliphatic rings. The predicted molar refractivity (Wildman–Crippen MR) is 70.6 cm³/mol. The van der Waals surface area contributed by atoms with Crippen molar-refractivity contribution in [3.05, 3.63) is 0 Å². The van der Waals surface area contributed by atoms with Gasteiger partial charge in [0, 0.05) is 38.1 Å². The quantitative estimate of drug-likeness (QED) is 0.742. The van der Waals surface area contributed by atoms with Gasteiger partial charge in [0.05, 0.1) is 0 Å². The molecule has 1 amide bonds. The first-order valence-corrected chi connectivity index (χ1v) is 6.95. The van der Waals surface area contributed by atoms with Gasteiger partial charge in [-0.3, -0.25) is 14.5 Å². The molecular formula is C13H23N3O3. The molecule has 3 N–H and O–H groups in total. The molecule has 1 heterocycles. The molecule has 1 saturated heterocycles. The van der Waals surface area contributed by atoms with Crippen LogP contribution in [-0.4, -0.2) is 64.5 Å². The second-order valence-corrected chi connectivity index (χ2v) is 5.82. The van der Waals surface area contributed by atoms with Gasteiger partial charge in [0.2, 0.25) is 5.91 Å². The Morgan fingerprint density at radius 2 is 1.84 bits per heavy atom. The van der Waals surface area contributed by atoms with Gasteiger partial charge in [0.15, 0.2) is 0 Å². The maximum atomic E-state index is 12.1. The average Bonchev–Trinajstić information content (AvgIpc) is 2.36. The Hall–Kier alpha value is -1.14. The average molecular weight is 269 g/mol. The zero-order valence-corrected chi connectivity index (χ0v) is 11.5. The molecule has 0 aromatic heterocycles. The summed E-state index contributed by atoms with van der Waals surface area (Å²) in [7, 11) is 0. The van der Waals surface area contributed by atoms with Crippen molar-refractivity contribution in [2.75, 3.05) is 26.2 Å². The van der Waals surface area contributed by atoms with Crippen LogP contribution in [0.2, 0.25) is 0 Å². The first kappa shape index (κ1) is 14.3. The Kier molecular flexibility index (Phi) is 4.10. The fraction of sp³-hybridized carbons (Fsp3) is 0.846. The zero-order valence-electron chi connectivity index (χ0n) is 11.5. The molecule has 1 aliphatic carbocycles. The summed E-state index contributed by atoms with van der Waals surface area (Å²) >= 11 is 0. The lowest BCUT2D eigenvalue weighted by Crippen LogP contribution is -2.56. The smallest absolute Gasteiger partial charge is 0.320 e. The van der Waals surface area contributed by atoms with Crippen LogP contribution in [0.15, 0.2) is 0 Å². The number of hydrogen-bond donors (Lipinski definition) is 2. The first-order chi connectivity index (χ1) is 8.91. The van der Waals surface area contributed by atoms with Crippen LogP contribution in [0.25, 0.3) is 0 Å². The van der Waals surface area contributed by atoms with Gasteiger partial charge in [-0.25, -0.2) is 0 Å². The van der Waals surface area contributed by atoms with Crippen molar-refractivity contribution in [1.29, 1.82) is 0 Å². The molecule has 108 valence electrons. The minimum absolute atomic E-state index is 0.116. The number of hydrogen-bond acceptors (Lipinski definition) is 4. The summed E-state index contributed by atoms with van der Waals surface area (Å²) in [6.45, 7) is 4.13. The van der Waals surface area contributed by atoms with Gasteiger partial charge >= 0.3 is 5.97 Å². The normalized spacial score (nSPS) is 24.6. The van der Waals surface area contributed by atoms with Crippen molar-refractivity contribution >= 4 is 11.9 Å². The SMILES string of the molecule is CC(C(=O)O)N1CCN(C(=O)CC2(N)CCC2)CC1. The van der Waals surface area contributed by atoms with E-state index < -0.39 is 12.0 Å². The number of carboxylic acids is 1. The Bertz CT molecular complexity index is 360. The molecule has 0 bridgehead atoms. The number of amides is 1. The summed E-state index contributed by atoms with van der Waals surface area (Å²) in [6, 6.07) is -0.482. The van der Waals surface area contributed by atoms with Crippen molar-refractivity contribution in [2.45, 2.75) is 44.2 Å². The second kappa shape index (κ2) is 5.46. The molecule has 2 rings (SSSR count). The summed E-state index contributed by atoms with van der Waals surface area (Å²) in [5.74, 6) is -0.694. The lowest BCUT2D eigenvalue weighted by atomic mass is 9.75. The number of carbonyl (C=O) groups excluding carboxylic acids is 1. The van der Waals surface area contributed by atoms with Gasteiger partial charge < -0.3 is 15.7 Å². The highest BCUT2D eigenvalue weighted by atomic mass is 16.4. The molecule has 0 aromatic carbocycles. The number of piperazine rings is 1. The van der Waals surface area contributed by atoms with Crippen LogP contribution in [0.3, 0.4) is 0 Å². The van der Waals surface area contributed by atoms with E-state index >= 15 is 0 Å². The van der Waals surface area contributed by atoms with Crippen molar-refractivity contribution in [3.63, 3.8) is 0 Å². The van der Waals surface area contributed by atoms with Crippen LogP contribution in [0.5, 0.6) is 0 Å².